The van der Waals surface area contributed by atoms with Gasteiger partial charge in [0.2, 0.25) is 0 Å². The van der Waals surface area contributed by atoms with Gasteiger partial charge in [0.25, 0.3) is 5.69 Å². The van der Waals surface area contributed by atoms with E-state index >= 15 is 0 Å². The third-order valence-corrected chi connectivity index (χ3v) is 5.27. The van der Waals surface area contributed by atoms with Crippen molar-refractivity contribution in [3.63, 3.8) is 0 Å². The molecule has 1 aliphatic heterocycles. The van der Waals surface area contributed by atoms with Crippen molar-refractivity contribution in [1.82, 2.24) is 5.32 Å². The van der Waals surface area contributed by atoms with Crippen molar-refractivity contribution < 1.29 is 14.8 Å². The number of fused-ring (bicyclic) bond motifs is 1. The van der Waals surface area contributed by atoms with Crippen molar-refractivity contribution in [1.29, 1.82) is 0 Å². The van der Waals surface area contributed by atoms with Gasteiger partial charge in [0.15, 0.2) is 0 Å². The lowest BCUT2D eigenvalue weighted by Gasteiger charge is -2.42. The lowest BCUT2D eigenvalue weighted by molar-refractivity contribution is -0.385. The van der Waals surface area contributed by atoms with Crippen molar-refractivity contribution >= 4 is 21.6 Å². The number of halogens is 1. The van der Waals surface area contributed by atoms with Crippen LogP contribution in [0.15, 0.2) is 46.9 Å². The maximum atomic E-state index is 11.2. The van der Waals surface area contributed by atoms with Crippen molar-refractivity contribution in [2.75, 3.05) is 6.54 Å². The predicted molar refractivity (Wildman–Crippen MR) is 102 cm³/mol. The third-order valence-electron chi connectivity index (χ3n) is 4.63. The van der Waals surface area contributed by atoms with E-state index in [9.17, 15) is 15.2 Å². The highest BCUT2D eigenvalue weighted by molar-refractivity contribution is 9.10. The first-order valence-corrected chi connectivity index (χ1v) is 9.21. The summed E-state index contributed by atoms with van der Waals surface area (Å²) in [5.41, 5.74) is 0.992. The number of rotatable bonds is 5. The van der Waals surface area contributed by atoms with Crippen LogP contribution in [0.2, 0.25) is 0 Å². The van der Waals surface area contributed by atoms with Gasteiger partial charge in [-0.3, -0.25) is 10.1 Å². The number of hydrogen-bond donors (Lipinski definition) is 2. The number of aliphatic hydroxyl groups is 1. The van der Waals surface area contributed by atoms with Crippen LogP contribution in [0, 0.1) is 10.1 Å². The number of hydrogen-bond acceptors (Lipinski definition) is 5. The van der Waals surface area contributed by atoms with Crippen molar-refractivity contribution in [2.24, 2.45) is 0 Å². The number of nitrogens with zero attached hydrogens (tertiary/aromatic N) is 1. The Kier molecular flexibility index (Phi) is 5.32. The normalized spacial score (nSPS) is 20.9. The van der Waals surface area contributed by atoms with Crippen LogP contribution in [0.25, 0.3) is 0 Å². The largest absolute Gasteiger partial charge is 0.484 e. The summed E-state index contributed by atoms with van der Waals surface area (Å²) in [5.74, 6) is 0.424. The molecular formula is C19H21BrN2O4. The molecule has 1 heterocycles. The standard InChI is InChI=1S/C19H21BrN2O4/c1-19(2)18(23)17(21-9-8-12-6-4-3-5-7-12)13-10-14(20)15(22(24)25)11-16(13)26-19/h3-7,10-11,17-18,21,23H,8-9H2,1-2H3/t17-,18+/m0/s1. The minimum Gasteiger partial charge on any atom is -0.484 e. The number of ether oxygens (including phenoxy) is 1. The maximum absolute atomic E-state index is 11.2. The van der Waals surface area contributed by atoms with Crippen molar-refractivity contribution in [2.45, 2.75) is 38.0 Å². The Bertz CT molecular complexity index is 811. The van der Waals surface area contributed by atoms with Gasteiger partial charge in [-0.25, -0.2) is 0 Å². The van der Waals surface area contributed by atoms with Crippen molar-refractivity contribution in [3.8, 4) is 5.75 Å². The Balaban J connectivity index is 1.87. The Morgan fingerprint density at radius 1 is 1.31 bits per heavy atom. The van der Waals surface area contributed by atoms with Crippen molar-refractivity contribution in [3.05, 3.63) is 68.2 Å². The van der Waals surface area contributed by atoms with Gasteiger partial charge >= 0.3 is 0 Å². The average molecular weight is 421 g/mol. The molecule has 138 valence electrons. The lowest BCUT2D eigenvalue weighted by Crippen LogP contribution is -2.52. The molecular weight excluding hydrogens is 400 g/mol. The zero-order valence-electron chi connectivity index (χ0n) is 14.6. The molecule has 0 spiro atoms. The second-order valence-corrected chi connectivity index (χ2v) is 7.77. The molecule has 2 N–H and O–H groups in total. The molecule has 0 unspecified atom stereocenters. The van der Waals surface area contributed by atoms with Crippen LogP contribution in [-0.4, -0.2) is 28.3 Å². The molecule has 1 aliphatic rings. The molecule has 0 radical (unpaired) electrons. The average Bonchev–Trinajstić information content (AvgIpc) is 2.59. The fourth-order valence-electron chi connectivity index (χ4n) is 3.18. The van der Waals surface area contributed by atoms with E-state index in [-0.39, 0.29) is 11.7 Å². The molecule has 0 fully saturated rings. The van der Waals surface area contributed by atoms with E-state index in [1.165, 1.54) is 11.6 Å². The number of benzene rings is 2. The smallest absolute Gasteiger partial charge is 0.287 e. The second kappa shape index (κ2) is 7.34. The summed E-state index contributed by atoms with van der Waals surface area (Å²) in [4.78, 5) is 10.7. The minimum atomic E-state index is -0.862. The number of nitrogens with one attached hydrogen (secondary N) is 1. The van der Waals surface area contributed by atoms with Gasteiger partial charge in [-0.05, 0) is 54.4 Å². The van der Waals surface area contributed by atoms with Gasteiger partial charge in [-0.15, -0.1) is 0 Å². The Hall–Kier alpha value is -1.96. The van der Waals surface area contributed by atoms with E-state index in [0.29, 0.717) is 22.3 Å². The summed E-state index contributed by atoms with van der Waals surface area (Å²) in [7, 11) is 0. The summed E-state index contributed by atoms with van der Waals surface area (Å²) >= 11 is 3.25. The molecule has 0 saturated carbocycles. The summed E-state index contributed by atoms with van der Waals surface area (Å²) < 4.78 is 6.22. The monoisotopic (exact) mass is 420 g/mol. The van der Waals surface area contributed by atoms with Gasteiger partial charge in [0.05, 0.1) is 21.5 Å². The first-order chi connectivity index (χ1) is 12.3. The van der Waals surface area contributed by atoms with Crippen LogP contribution in [0.1, 0.15) is 31.0 Å². The molecule has 0 bridgehead atoms. The van der Waals surface area contributed by atoms with Crippen LogP contribution in [0.3, 0.4) is 0 Å². The SMILES string of the molecule is CC1(C)Oc2cc([N+](=O)[O-])c(Br)cc2[C@H](NCCc2ccccc2)[C@H]1O. The van der Waals surface area contributed by atoms with Crippen LogP contribution in [0.4, 0.5) is 5.69 Å². The molecule has 6 nitrogen and oxygen atoms in total. The predicted octanol–water partition coefficient (Wildman–Crippen LogP) is 3.76. The molecule has 7 heteroatoms. The second-order valence-electron chi connectivity index (χ2n) is 6.92. The number of nitro benzene ring substituents is 1. The molecule has 26 heavy (non-hydrogen) atoms. The van der Waals surface area contributed by atoms with Gasteiger partial charge in [0.1, 0.15) is 17.5 Å². The summed E-state index contributed by atoms with van der Waals surface area (Å²) in [5, 5.41) is 25.4. The van der Waals surface area contributed by atoms with Crippen LogP contribution in [0.5, 0.6) is 5.75 Å². The van der Waals surface area contributed by atoms with E-state index in [4.69, 9.17) is 4.74 Å². The highest BCUT2D eigenvalue weighted by Gasteiger charge is 2.43. The van der Waals surface area contributed by atoms with E-state index in [2.05, 4.69) is 33.4 Å². The van der Waals surface area contributed by atoms with E-state index in [0.717, 1.165) is 6.42 Å². The minimum absolute atomic E-state index is 0.0565. The van der Waals surface area contributed by atoms with Gasteiger partial charge < -0.3 is 15.2 Å². The maximum Gasteiger partial charge on any atom is 0.287 e. The van der Waals surface area contributed by atoms with E-state index in [1.54, 1.807) is 19.9 Å². The topological polar surface area (TPSA) is 84.6 Å². The molecule has 2 aromatic carbocycles. The van der Waals surface area contributed by atoms with Crippen LogP contribution >= 0.6 is 15.9 Å². The first kappa shape index (κ1) is 18.8. The molecule has 2 aromatic rings. The summed E-state index contributed by atoms with van der Waals surface area (Å²) in [6.45, 7) is 4.22. The molecule has 0 aliphatic carbocycles. The Morgan fingerprint density at radius 3 is 2.65 bits per heavy atom. The van der Waals surface area contributed by atoms with E-state index in [1.807, 2.05) is 18.2 Å². The zero-order valence-corrected chi connectivity index (χ0v) is 16.2. The molecule has 2 atom stereocenters. The number of aliphatic hydroxyl groups excluding tert-OH is 1. The first-order valence-electron chi connectivity index (χ1n) is 8.42. The highest BCUT2D eigenvalue weighted by atomic mass is 79.9. The summed E-state index contributed by atoms with van der Waals surface area (Å²) in [6, 6.07) is 12.8. The molecule has 0 aromatic heterocycles. The zero-order chi connectivity index (χ0) is 18.9. The van der Waals surface area contributed by atoms with Crippen LogP contribution < -0.4 is 10.1 Å². The number of nitro groups is 1. The molecule has 0 amide bonds. The highest BCUT2D eigenvalue weighted by Crippen LogP contribution is 2.44. The summed E-state index contributed by atoms with van der Waals surface area (Å²) in [6.07, 6.45) is 0.0218. The van der Waals surface area contributed by atoms with Crippen LogP contribution in [-0.2, 0) is 6.42 Å². The lowest BCUT2D eigenvalue weighted by atomic mass is 9.86. The van der Waals surface area contributed by atoms with Gasteiger partial charge in [0, 0.05) is 5.56 Å². The fraction of sp³-hybridized carbons (Fsp3) is 0.368. The molecule has 3 rings (SSSR count). The molecule has 0 saturated heterocycles. The van der Waals surface area contributed by atoms with Gasteiger partial charge in [-0.2, -0.15) is 0 Å². The van der Waals surface area contributed by atoms with Gasteiger partial charge in [-0.1, -0.05) is 30.3 Å². The Labute approximate surface area is 160 Å². The third kappa shape index (κ3) is 3.75. The quantitative estimate of drug-likeness (QED) is 0.567. The van der Waals surface area contributed by atoms with E-state index < -0.39 is 16.6 Å². The fourth-order valence-corrected chi connectivity index (χ4v) is 3.69. The Morgan fingerprint density at radius 2 is 2.00 bits per heavy atom.